The Morgan fingerprint density at radius 2 is 0.611 bits per heavy atom. The van der Waals surface area contributed by atoms with Gasteiger partial charge in [-0.05, 0) is 11.0 Å². The van der Waals surface area contributed by atoms with E-state index in [0.717, 1.165) is 0 Å². The monoisotopic (exact) mass is 464 g/mol. The van der Waals surface area contributed by atoms with Gasteiger partial charge in [0.25, 0.3) is 0 Å². The minimum absolute atomic E-state index is 0. The van der Waals surface area contributed by atoms with Gasteiger partial charge in [0.15, 0.2) is 52.1 Å². The summed E-state index contributed by atoms with van der Waals surface area (Å²) in [6.07, 6.45) is 0. The van der Waals surface area contributed by atoms with Crippen LogP contribution >= 0.6 is 0 Å². The summed E-state index contributed by atoms with van der Waals surface area (Å²) in [7, 11) is -9.33. The van der Waals surface area contributed by atoms with Crippen LogP contribution in [0, 0.1) is 0 Å². The summed E-state index contributed by atoms with van der Waals surface area (Å²) in [4.78, 5) is 0. The maximum atomic E-state index is 8.74. The average molecular weight is 465 g/mol. The van der Waals surface area contributed by atoms with Gasteiger partial charge in [-0.15, -0.1) is 0 Å². The first kappa shape index (κ1) is 63.9. The van der Waals surface area contributed by atoms with E-state index in [9.17, 15) is 0 Å². The molecule has 100 valence electrons. The van der Waals surface area contributed by atoms with E-state index in [-0.39, 0.29) is 247 Å². The Balaban J connectivity index is -0.00000000274. The molecule has 0 rings (SSSR count). The van der Waals surface area contributed by atoms with Gasteiger partial charge in [-0.1, -0.05) is 0 Å². The molecular weight excluding hydrogens is 443 g/mol. The Kier molecular flexibility index (Phi) is 125. The fraction of sp³-hybridized carbons (Fsp3) is 0. The zero-order chi connectivity index (χ0) is 9.00. The first-order valence-corrected chi connectivity index (χ1v) is 4.19. The number of hydrogen-bond donors (Lipinski definition) is 4. The predicted molar refractivity (Wildman–Crippen MR) is 80.8 cm³/mol. The molecule has 8 nitrogen and oxygen atoms in total. The molecule has 0 aliphatic rings. The third-order valence-electron chi connectivity index (χ3n) is 0. The summed E-state index contributed by atoms with van der Waals surface area (Å²) in [5, 5.41) is 0. The molecule has 0 spiro atoms. The SMILES string of the molecule is O=S(=O)(O)O.O=S(=O)(O)O.[AlH3].[AlH3].[AlH3].[H-].[H-].[H-].[H-].[H-].[K+].[K+].[K+].[Mg+2].[SiH4]. The molecule has 0 radical (unpaired) electrons. The molecule has 0 aliphatic heterocycles. The Hall–Kier alpha value is 7.23. The molecule has 4 N–H and O–H groups in total. The third-order valence-corrected chi connectivity index (χ3v) is 0. The fourth-order valence-corrected chi connectivity index (χ4v) is 0. The quantitative estimate of drug-likeness (QED) is 0.204. The second-order valence-electron chi connectivity index (χ2n) is 0.896. The molecule has 0 aromatic rings. The fourth-order valence-electron chi connectivity index (χ4n) is 0. The first-order valence-electron chi connectivity index (χ1n) is 1.40. The average Bonchev–Trinajstić information content (AvgIpc) is 1.12. The Bertz CT molecular complexity index is 253. The molecule has 0 saturated carbocycles. The largest absolute Gasteiger partial charge is 2.00 e. The van der Waals surface area contributed by atoms with E-state index >= 15 is 0 Å². The summed E-state index contributed by atoms with van der Waals surface area (Å²) in [6.45, 7) is 0. The predicted octanol–water partition coefficient (Wildman–Crippen LogP) is -15.1. The van der Waals surface area contributed by atoms with Crippen molar-refractivity contribution in [3.05, 3.63) is 0 Å². The van der Waals surface area contributed by atoms with E-state index in [1.807, 2.05) is 0 Å². The third kappa shape index (κ3) is 220. The van der Waals surface area contributed by atoms with E-state index in [1.54, 1.807) is 0 Å². The molecule has 0 unspecified atom stereocenters. The Morgan fingerprint density at radius 3 is 0.611 bits per heavy atom. The van der Waals surface area contributed by atoms with Crippen molar-refractivity contribution in [1.82, 2.24) is 0 Å². The Labute approximate surface area is 294 Å². The van der Waals surface area contributed by atoms with E-state index < -0.39 is 20.8 Å². The standard InChI is InChI=1S/3Al.3K.Mg.2H2O4S.H4Si.14H/c;;;;;;;2*1-5(2,3)4;;;;;;;;;;;;;;;/h;;;;;;;2*(H2,1,2,3,4);1H4;;;;;;;;;;;;;;/q;;;3*+1;+2;;;;;;;;;;;;;5*-1. The van der Waals surface area contributed by atoms with Gasteiger partial charge < -0.3 is 7.13 Å². The van der Waals surface area contributed by atoms with Crippen molar-refractivity contribution in [2.24, 2.45) is 0 Å². The van der Waals surface area contributed by atoms with Crippen LogP contribution in [0.3, 0.4) is 0 Å². The maximum absolute atomic E-state index is 8.74. The minimum atomic E-state index is -4.67. The number of hydrogen-bond acceptors (Lipinski definition) is 4. The van der Waals surface area contributed by atoms with E-state index in [4.69, 9.17) is 35.0 Å². The van der Waals surface area contributed by atoms with Gasteiger partial charge in [-0.25, -0.2) is 0 Å². The van der Waals surface area contributed by atoms with Crippen molar-refractivity contribution in [3.8, 4) is 0 Å². The van der Waals surface area contributed by atoms with Gasteiger partial charge in [0.1, 0.15) is 0 Å². The van der Waals surface area contributed by atoms with Gasteiger partial charge in [0.05, 0.1) is 0 Å². The molecule has 0 amide bonds. The van der Waals surface area contributed by atoms with Crippen molar-refractivity contribution in [1.29, 1.82) is 0 Å². The zero-order valence-electron chi connectivity index (χ0n) is 12.9. The van der Waals surface area contributed by atoms with E-state index in [2.05, 4.69) is 0 Å². The van der Waals surface area contributed by atoms with Crippen molar-refractivity contribution < 1.29 is 196 Å². The summed E-state index contributed by atoms with van der Waals surface area (Å²) in [5.41, 5.74) is 0. The minimum Gasteiger partial charge on any atom is -1.00 e. The summed E-state index contributed by atoms with van der Waals surface area (Å²) < 4.78 is 63.2. The number of rotatable bonds is 0. The van der Waals surface area contributed by atoms with Gasteiger partial charge >= 0.3 is 198 Å². The summed E-state index contributed by atoms with van der Waals surface area (Å²) >= 11 is 0. The molecule has 0 saturated heterocycles. The smallest absolute Gasteiger partial charge is 1.00 e. The van der Waals surface area contributed by atoms with Gasteiger partial charge in [-0.2, -0.15) is 16.8 Å². The first-order chi connectivity index (χ1) is 4.00. The summed E-state index contributed by atoms with van der Waals surface area (Å²) in [6, 6.07) is 0. The van der Waals surface area contributed by atoms with Crippen LogP contribution in [0.4, 0.5) is 0 Å². The maximum Gasteiger partial charge on any atom is 2.00 e. The van der Waals surface area contributed by atoms with Gasteiger partial charge in [0, 0.05) is 0 Å². The van der Waals surface area contributed by atoms with Crippen LogP contribution in [0.2, 0.25) is 0 Å². The molecule has 0 aromatic carbocycles. The van der Waals surface area contributed by atoms with Crippen LogP contribution in [0.25, 0.3) is 0 Å². The molecule has 0 aromatic heterocycles. The van der Waals surface area contributed by atoms with Crippen molar-refractivity contribution in [2.45, 2.75) is 0 Å². The van der Waals surface area contributed by atoms with Crippen LogP contribution in [0.5, 0.6) is 0 Å². The zero-order valence-corrected chi connectivity index (χ0v) is 20.4. The molecule has 0 bridgehead atoms. The molecular formula is H22Al3K3MgO8S2Si. The van der Waals surface area contributed by atoms with Crippen LogP contribution in [-0.2, 0) is 20.8 Å². The van der Waals surface area contributed by atoms with Crippen LogP contribution < -0.4 is 154 Å². The molecule has 0 aliphatic carbocycles. The van der Waals surface area contributed by atoms with Crippen LogP contribution in [0.15, 0.2) is 0 Å². The molecule has 18 heavy (non-hydrogen) atoms. The van der Waals surface area contributed by atoms with Crippen LogP contribution in [0.1, 0.15) is 7.13 Å². The molecule has 0 atom stereocenters. The second kappa shape index (κ2) is 35.4. The van der Waals surface area contributed by atoms with Crippen LogP contribution in [-0.4, -0.2) is 121 Å². The summed E-state index contributed by atoms with van der Waals surface area (Å²) in [5.74, 6) is 0. The molecule has 0 fully saturated rings. The van der Waals surface area contributed by atoms with Crippen molar-refractivity contribution >= 4 is 107 Å². The van der Waals surface area contributed by atoms with Crippen molar-refractivity contribution in [3.63, 3.8) is 0 Å². The van der Waals surface area contributed by atoms with Gasteiger partial charge in [-0.3, -0.25) is 18.2 Å². The molecule has 0 heterocycles. The normalized spacial score (nSPS) is 6.44. The second-order valence-corrected chi connectivity index (χ2v) is 2.69. The van der Waals surface area contributed by atoms with Gasteiger partial charge in [0.2, 0.25) is 0 Å². The van der Waals surface area contributed by atoms with E-state index in [1.165, 1.54) is 0 Å². The van der Waals surface area contributed by atoms with Crippen molar-refractivity contribution in [2.75, 3.05) is 0 Å². The van der Waals surface area contributed by atoms with E-state index in [0.29, 0.717) is 0 Å². The molecule has 18 heteroatoms. The Morgan fingerprint density at radius 1 is 0.611 bits per heavy atom. The topological polar surface area (TPSA) is 149 Å².